The van der Waals surface area contributed by atoms with E-state index in [1.165, 1.54) is 7.11 Å². The predicted octanol–water partition coefficient (Wildman–Crippen LogP) is 3.93. The zero-order valence-electron chi connectivity index (χ0n) is 19.9. The second kappa shape index (κ2) is 8.61. The van der Waals surface area contributed by atoms with Crippen LogP contribution in [0.4, 0.5) is 0 Å². The highest BCUT2D eigenvalue weighted by Crippen LogP contribution is 2.68. The van der Waals surface area contributed by atoms with Crippen LogP contribution in [0, 0.1) is 46.3 Å². The van der Waals surface area contributed by atoms with Crippen molar-refractivity contribution >= 4 is 5.97 Å². The maximum absolute atomic E-state index is 11.6. The van der Waals surface area contributed by atoms with E-state index in [9.17, 15) is 20.1 Å². The van der Waals surface area contributed by atoms with Crippen LogP contribution in [0.15, 0.2) is 0 Å². The van der Waals surface area contributed by atoms with Crippen molar-refractivity contribution in [2.24, 2.45) is 46.3 Å². The molecule has 0 spiro atoms. The summed E-state index contributed by atoms with van der Waals surface area (Å²) in [6, 6.07) is 0. The number of methoxy groups -OCH3 is 1. The van der Waals surface area contributed by atoms with Crippen molar-refractivity contribution < 1.29 is 24.9 Å². The van der Waals surface area contributed by atoms with Gasteiger partial charge in [0.25, 0.3) is 0 Å². The molecule has 0 amide bonds. The van der Waals surface area contributed by atoms with Crippen LogP contribution in [0.1, 0.15) is 85.0 Å². The Hall–Kier alpha value is -0.650. The molecule has 0 aromatic heterocycles. The Kier molecular flexibility index (Phi) is 6.53. The Morgan fingerprint density at radius 3 is 2.52 bits per heavy atom. The molecule has 4 aliphatic carbocycles. The first-order valence-corrected chi connectivity index (χ1v) is 12.7. The van der Waals surface area contributed by atoms with E-state index in [2.05, 4.69) is 20.8 Å². The van der Waals surface area contributed by atoms with E-state index in [1.54, 1.807) is 0 Å². The number of carbonyl (C=O) groups is 1. The van der Waals surface area contributed by atoms with Gasteiger partial charge >= 0.3 is 5.97 Å². The molecule has 4 fully saturated rings. The molecule has 11 atom stereocenters. The number of hydrogen-bond donors (Lipinski definition) is 3. The molecule has 0 aromatic carbocycles. The van der Waals surface area contributed by atoms with Crippen LogP contribution in [0.5, 0.6) is 0 Å². The monoisotopic (exact) mass is 436 g/mol. The van der Waals surface area contributed by atoms with E-state index in [-0.39, 0.29) is 41.0 Å². The fraction of sp³-hybridized carbons (Fsp3) is 0.962. The molecule has 5 heteroatoms. The van der Waals surface area contributed by atoms with Crippen LogP contribution in [-0.4, -0.2) is 46.7 Å². The molecule has 0 aromatic rings. The summed E-state index contributed by atoms with van der Waals surface area (Å²) in [4.78, 5) is 11.5. The third-order valence-electron chi connectivity index (χ3n) is 10.8. The molecule has 0 saturated heterocycles. The largest absolute Gasteiger partial charge is 0.469 e. The van der Waals surface area contributed by atoms with Gasteiger partial charge in [-0.05, 0) is 104 Å². The van der Waals surface area contributed by atoms with Crippen molar-refractivity contribution in [2.75, 3.05) is 7.11 Å². The second-order valence-electron chi connectivity index (χ2n) is 12.0. The summed E-state index contributed by atoms with van der Waals surface area (Å²) in [5, 5.41) is 33.2. The van der Waals surface area contributed by atoms with Crippen LogP contribution < -0.4 is 0 Å². The molecule has 5 unspecified atom stereocenters. The van der Waals surface area contributed by atoms with Crippen molar-refractivity contribution in [1.29, 1.82) is 0 Å². The highest BCUT2D eigenvalue weighted by Gasteiger charge is 2.65. The quantitative estimate of drug-likeness (QED) is 0.569. The number of fused-ring (bicyclic) bond motifs is 5. The number of carbonyl (C=O) groups excluding carboxylic acids is 1. The van der Waals surface area contributed by atoms with Crippen LogP contribution in [0.2, 0.25) is 0 Å². The molecule has 0 bridgehead atoms. The average Bonchev–Trinajstić information content (AvgIpc) is 3.08. The number of aliphatic hydroxyl groups excluding tert-OH is 3. The highest BCUT2D eigenvalue weighted by molar-refractivity contribution is 5.68. The lowest BCUT2D eigenvalue weighted by Gasteiger charge is -2.63. The standard InChI is InChI=1S/C26H44O5/c1-15(6-5-7-23(30)31-4)18-8-9-19-24-20(14-22(29)26(18,19)3)25(2)11-10-17(27)12-16(25)13-21(24)28/h15-22,24,27-29H,5-14H2,1-4H3/t15?,16?,17-,18-,19?,20?,21-,22+,24?,25+,26-/m1/s1. The van der Waals surface area contributed by atoms with E-state index >= 15 is 0 Å². The van der Waals surface area contributed by atoms with E-state index in [1.807, 2.05) is 0 Å². The van der Waals surface area contributed by atoms with Gasteiger partial charge in [-0.3, -0.25) is 4.79 Å². The Morgan fingerprint density at radius 1 is 1.06 bits per heavy atom. The van der Waals surface area contributed by atoms with E-state index < -0.39 is 0 Å². The predicted molar refractivity (Wildman–Crippen MR) is 119 cm³/mol. The fourth-order valence-corrected chi connectivity index (χ4v) is 9.00. The summed E-state index contributed by atoms with van der Waals surface area (Å²) in [7, 11) is 1.44. The molecule has 0 aliphatic heterocycles. The third kappa shape index (κ3) is 3.77. The first kappa shape index (κ1) is 23.5. The van der Waals surface area contributed by atoms with E-state index in [0.717, 1.165) is 57.8 Å². The van der Waals surface area contributed by atoms with Gasteiger partial charge in [-0.2, -0.15) is 0 Å². The minimum atomic E-state index is -0.344. The minimum Gasteiger partial charge on any atom is -0.469 e. The molecule has 178 valence electrons. The topological polar surface area (TPSA) is 87.0 Å². The van der Waals surface area contributed by atoms with Crippen LogP contribution in [0.25, 0.3) is 0 Å². The van der Waals surface area contributed by atoms with Gasteiger partial charge in [-0.1, -0.05) is 20.8 Å². The molecule has 0 heterocycles. The first-order valence-electron chi connectivity index (χ1n) is 12.7. The van der Waals surface area contributed by atoms with Crippen molar-refractivity contribution in [1.82, 2.24) is 0 Å². The summed E-state index contributed by atoms with van der Waals surface area (Å²) in [6.07, 6.45) is 7.81. The van der Waals surface area contributed by atoms with Crippen molar-refractivity contribution in [2.45, 2.75) is 103 Å². The lowest BCUT2D eigenvalue weighted by Crippen LogP contribution is -2.62. The van der Waals surface area contributed by atoms with Crippen molar-refractivity contribution in [3.8, 4) is 0 Å². The van der Waals surface area contributed by atoms with Gasteiger partial charge in [-0.25, -0.2) is 0 Å². The first-order chi connectivity index (χ1) is 14.6. The maximum atomic E-state index is 11.6. The molecule has 4 saturated carbocycles. The van der Waals surface area contributed by atoms with Crippen molar-refractivity contribution in [3.05, 3.63) is 0 Å². The number of esters is 1. The SMILES string of the molecule is COC(=O)CCCC(C)[C@H]1CCC2C3C(C[C@H](O)[C@@]21C)[C@@]1(C)CC[C@@H](O)CC1C[C@H]3O. The maximum Gasteiger partial charge on any atom is 0.305 e. The third-order valence-corrected chi connectivity index (χ3v) is 10.8. The summed E-state index contributed by atoms with van der Waals surface area (Å²) >= 11 is 0. The summed E-state index contributed by atoms with van der Waals surface area (Å²) in [6.45, 7) is 6.95. The average molecular weight is 437 g/mol. The van der Waals surface area contributed by atoms with Gasteiger partial charge in [0.1, 0.15) is 0 Å². The van der Waals surface area contributed by atoms with E-state index in [0.29, 0.717) is 36.0 Å². The molecule has 5 nitrogen and oxygen atoms in total. The lowest BCUT2D eigenvalue weighted by molar-refractivity contribution is -0.207. The normalized spacial score (nSPS) is 50.2. The molecule has 4 aliphatic rings. The smallest absolute Gasteiger partial charge is 0.305 e. The Morgan fingerprint density at radius 2 is 1.81 bits per heavy atom. The van der Waals surface area contributed by atoms with Gasteiger partial charge in [0.2, 0.25) is 0 Å². The summed E-state index contributed by atoms with van der Waals surface area (Å²) < 4.78 is 4.79. The van der Waals surface area contributed by atoms with E-state index in [4.69, 9.17) is 4.74 Å². The molecule has 31 heavy (non-hydrogen) atoms. The zero-order valence-corrected chi connectivity index (χ0v) is 19.9. The molecule has 3 N–H and O–H groups in total. The highest BCUT2D eigenvalue weighted by atomic mass is 16.5. The molecular weight excluding hydrogens is 392 g/mol. The minimum absolute atomic E-state index is 0.121. The van der Waals surface area contributed by atoms with Crippen LogP contribution in [0.3, 0.4) is 0 Å². The zero-order chi connectivity index (χ0) is 22.6. The summed E-state index contributed by atoms with van der Waals surface area (Å²) in [5.41, 5.74) is -0.0418. The van der Waals surface area contributed by atoms with Crippen LogP contribution >= 0.6 is 0 Å². The van der Waals surface area contributed by atoms with Gasteiger partial charge in [0, 0.05) is 6.42 Å². The number of ether oxygens (including phenoxy) is 1. The van der Waals surface area contributed by atoms with Gasteiger partial charge in [-0.15, -0.1) is 0 Å². The molecular formula is C26H44O5. The van der Waals surface area contributed by atoms with Gasteiger partial charge in [0.15, 0.2) is 0 Å². The Labute approximate surface area is 187 Å². The fourth-order valence-electron chi connectivity index (χ4n) is 9.00. The molecule has 4 rings (SSSR count). The Balaban J connectivity index is 1.53. The van der Waals surface area contributed by atoms with Gasteiger partial charge in [0.05, 0.1) is 25.4 Å². The Bertz CT molecular complexity index is 666. The number of aliphatic hydroxyl groups is 3. The lowest BCUT2D eigenvalue weighted by atomic mass is 9.43. The van der Waals surface area contributed by atoms with Crippen LogP contribution in [-0.2, 0) is 9.53 Å². The van der Waals surface area contributed by atoms with Crippen molar-refractivity contribution in [3.63, 3.8) is 0 Å². The second-order valence-corrected chi connectivity index (χ2v) is 12.0. The molecule has 0 radical (unpaired) electrons. The van der Waals surface area contributed by atoms with Gasteiger partial charge < -0.3 is 20.1 Å². The number of rotatable bonds is 5. The summed E-state index contributed by atoms with van der Waals surface area (Å²) in [5.74, 6) is 2.05. The number of hydrogen-bond acceptors (Lipinski definition) is 5.